The predicted octanol–water partition coefficient (Wildman–Crippen LogP) is 4.28. The van der Waals surface area contributed by atoms with Gasteiger partial charge in [-0.2, -0.15) is 0 Å². The van der Waals surface area contributed by atoms with Gasteiger partial charge in [0.2, 0.25) is 0 Å². The summed E-state index contributed by atoms with van der Waals surface area (Å²) in [5.74, 6) is 5.23. The van der Waals surface area contributed by atoms with Gasteiger partial charge >= 0.3 is 5.97 Å². The lowest BCUT2D eigenvalue weighted by Crippen LogP contribution is -2.26. The molecule has 1 N–H and O–H groups in total. The molecule has 0 saturated heterocycles. The van der Waals surface area contributed by atoms with Crippen molar-refractivity contribution < 1.29 is 14.6 Å². The standard InChI is InChI=1S/C21H23NO3.C2H6/c1-3-22(14-15-25-2)16-19-8-6-17(7-9-19)4-5-18-10-12-20(13-11-18)21(23)24;1-2/h6-13H,3,14-16H2,1-2H3,(H,23,24);1-2H3. The molecule has 0 atom stereocenters. The number of hydrogen-bond acceptors (Lipinski definition) is 3. The molecule has 0 fully saturated rings. The quantitative estimate of drug-likeness (QED) is 0.742. The Labute approximate surface area is 162 Å². The number of likely N-dealkylation sites (N-methyl/N-ethyl adjacent to an activating group) is 1. The highest BCUT2D eigenvalue weighted by Crippen LogP contribution is 2.08. The Hall–Kier alpha value is -2.61. The highest BCUT2D eigenvalue weighted by Gasteiger charge is 2.03. The van der Waals surface area contributed by atoms with E-state index in [9.17, 15) is 4.79 Å². The first-order chi connectivity index (χ1) is 13.1. The van der Waals surface area contributed by atoms with Gasteiger partial charge in [-0.3, -0.25) is 4.90 Å². The summed E-state index contributed by atoms with van der Waals surface area (Å²) in [6, 6.07) is 14.8. The fourth-order valence-corrected chi connectivity index (χ4v) is 2.36. The number of benzene rings is 2. The van der Waals surface area contributed by atoms with Gasteiger partial charge in [-0.05, 0) is 48.5 Å². The third-order valence-corrected chi connectivity index (χ3v) is 3.90. The Morgan fingerprint density at radius 1 is 1.00 bits per heavy atom. The maximum atomic E-state index is 10.8. The molecule has 0 heterocycles. The molecule has 0 amide bonds. The van der Waals surface area contributed by atoms with E-state index in [0.29, 0.717) is 0 Å². The number of aromatic carboxylic acids is 1. The summed E-state index contributed by atoms with van der Waals surface area (Å²) in [7, 11) is 1.72. The van der Waals surface area contributed by atoms with Crippen molar-refractivity contribution in [2.75, 3.05) is 26.8 Å². The van der Waals surface area contributed by atoms with Crippen molar-refractivity contribution in [3.63, 3.8) is 0 Å². The number of rotatable bonds is 7. The average molecular weight is 367 g/mol. The van der Waals surface area contributed by atoms with Gasteiger partial charge in [0.05, 0.1) is 12.2 Å². The first-order valence-corrected chi connectivity index (χ1v) is 9.28. The molecule has 0 saturated carbocycles. The minimum atomic E-state index is -0.929. The van der Waals surface area contributed by atoms with Crippen LogP contribution in [-0.2, 0) is 11.3 Å². The van der Waals surface area contributed by atoms with Crippen LogP contribution >= 0.6 is 0 Å². The monoisotopic (exact) mass is 367 g/mol. The van der Waals surface area contributed by atoms with E-state index in [1.807, 2.05) is 26.0 Å². The molecule has 0 unspecified atom stereocenters. The Morgan fingerprint density at radius 3 is 1.96 bits per heavy atom. The van der Waals surface area contributed by atoms with Crippen LogP contribution in [-0.4, -0.2) is 42.8 Å². The van der Waals surface area contributed by atoms with Crippen molar-refractivity contribution in [1.29, 1.82) is 0 Å². The van der Waals surface area contributed by atoms with Crippen molar-refractivity contribution in [3.8, 4) is 11.8 Å². The Balaban J connectivity index is 0.00000176. The van der Waals surface area contributed by atoms with Crippen LogP contribution < -0.4 is 0 Å². The van der Waals surface area contributed by atoms with Gasteiger partial charge in [0.15, 0.2) is 0 Å². The zero-order chi connectivity index (χ0) is 20.1. The molecule has 4 heteroatoms. The summed E-state index contributed by atoms with van der Waals surface area (Å²) < 4.78 is 5.13. The summed E-state index contributed by atoms with van der Waals surface area (Å²) in [5, 5.41) is 8.89. The van der Waals surface area contributed by atoms with Crippen LogP contribution in [0.5, 0.6) is 0 Å². The van der Waals surface area contributed by atoms with Crippen molar-refractivity contribution >= 4 is 5.97 Å². The second-order valence-electron chi connectivity index (χ2n) is 5.69. The van der Waals surface area contributed by atoms with E-state index in [-0.39, 0.29) is 5.56 Å². The maximum absolute atomic E-state index is 10.8. The largest absolute Gasteiger partial charge is 0.478 e. The van der Waals surface area contributed by atoms with Crippen LogP contribution in [0.2, 0.25) is 0 Å². The van der Waals surface area contributed by atoms with Gasteiger partial charge in [-0.1, -0.05) is 44.7 Å². The molecule has 2 aromatic rings. The fraction of sp³-hybridized carbons (Fsp3) is 0.348. The van der Waals surface area contributed by atoms with Crippen molar-refractivity contribution in [3.05, 3.63) is 70.8 Å². The molecule has 0 aliphatic rings. The van der Waals surface area contributed by atoms with Crippen molar-refractivity contribution in [2.45, 2.75) is 27.3 Å². The molecule has 144 valence electrons. The van der Waals surface area contributed by atoms with Gasteiger partial charge in [0.25, 0.3) is 0 Å². The van der Waals surface area contributed by atoms with Crippen LogP contribution in [0.15, 0.2) is 48.5 Å². The Morgan fingerprint density at radius 2 is 1.52 bits per heavy atom. The van der Waals surface area contributed by atoms with E-state index in [2.05, 4.69) is 35.8 Å². The lowest BCUT2D eigenvalue weighted by Gasteiger charge is -2.19. The van der Waals surface area contributed by atoms with E-state index in [4.69, 9.17) is 9.84 Å². The molecular weight excluding hydrogens is 338 g/mol. The van der Waals surface area contributed by atoms with E-state index in [0.717, 1.165) is 37.4 Å². The molecule has 4 nitrogen and oxygen atoms in total. The molecule has 0 radical (unpaired) electrons. The van der Waals surface area contributed by atoms with E-state index in [1.165, 1.54) is 5.56 Å². The second-order valence-corrected chi connectivity index (χ2v) is 5.69. The number of nitrogens with zero attached hydrogens (tertiary/aromatic N) is 1. The van der Waals surface area contributed by atoms with Gasteiger partial charge in [0, 0.05) is 31.3 Å². The van der Waals surface area contributed by atoms with E-state index in [1.54, 1.807) is 31.4 Å². The number of methoxy groups -OCH3 is 1. The summed E-state index contributed by atoms with van der Waals surface area (Å²) in [6.07, 6.45) is 0. The van der Waals surface area contributed by atoms with Gasteiger partial charge in [-0.15, -0.1) is 0 Å². The normalized spacial score (nSPS) is 9.81. The summed E-state index contributed by atoms with van der Waals surface area (Å²) in [6.45, 7) is 9.67. The highest BCUT2D eigenvalue weighted by atomic mass is 16.5. The smallest absolute Gasteiger partial charge is 0.335 e. The lowest BCUT2D eigenvalue weighted by atomic mass is 10.1. The van der Waals surface area contributed by atoms with Crippen LogP contribution in [0.3, 0.4) is 0 Å². The molecule has 0 aliphatic heterocycles. The molecule has 0 spiro atoms. The van der Waals surface area contributed by atoms with Gasteiger partial charge < -0.3 is 9.84 Å². The first kappa shape index (κ1) is 22.4. The zero-order valence-corrected chi connectivity index (χ0v) is 16.7. The number of hydrogen-bond donors (Lipinski definition) is 1. The molecule has 27 heavy (non-hydrogen) atoms. The lowest BCUT2D eigenvalue weighted by molar-refractivity contribution is 0.0697. The predicted molar refractivity (Wildman–Crippen MR) is 110 cm³/mol. The first-order valence-electron chi connectivity index (χ1n) is 9.28. The van der Waals surface area contributed by atoms with Crippen LogP contribution in [0.25, 0.3) is 0 Å². The minimum absolute atomic E-state index is 0.267. The third kappa shape index (κ3) is 8.08. The summed E-state index contributed by atoms with van der Waals surface area (Å²) in [4.78, 5) is 13.2. The SMILES string of the molecule is CC.CCN(CCOC)Cc1ccc(C#Cc2ccc(C(=O)O)cc2)cc1. The maximum Gasteiger partial charge on any atom is 0.335 e. The molecule has 2 rings (SSSR count). The number of carboxylic acids is 1. The topological polar surface area (TPSA) is 49.8 Å². The number of ether oxygens (including phenoxy) is 1. The third-order valence-electron chi connectivity index (χ3n) is 3.90. The van der Waals surface area contributed by atoms with Gasteiger partial charge in [-0.25, -0.2) is 4.79 Å². The molecule has 0 bridgehead atoms. The van der Waals surface area contributed by atoms with Crippen molar-refractivity contribution in [1.82, 2.24) is 4.90 Å². The second kappa shape index (κ2) is 12.7. The minimum Gasteiger partial charge on any atom is -0.478 e. The summed E-state index contributed by atoms with van der Waals surface area (Å²) in [5.41, 5.74) is 3.25. The van der Waals surface area contributed by atoms with E-state index < -0.39 is 5.97 Å². The van der Waals surface area contributed by atoms with Gasteiger partial charge in [0.1, 0.15) is 0 Å². The van der Waals surface area contributed by atoms with E-state index >= 15 is 0 Å². The zero-order valence-electron chi connectivity index (χ0n) is 16.7. The average Bonchev–Trinajstić information content (AvgIpc) is 2.72. The fourth-order valence-electron chi connectivity index (χ4n) is 2.36. The Bertz CT molecular complexity index is 740. The Kier molecular flexibility index (Phi) is 10.5. The number of carbonyl (C=O) groups is 1. The van der Waals surface area contributed by atoms with Crippen LogP contribution in [0, 0.1) is 11.8 Å². The van der Waals surface area contributed by atoms with Crippen molar-refractivity contribution in [2.24, 2.45) is 0 Å². The van der Waals surface area contributed by atoms with Crippen LogP contribution in [0.4, 0.5) is 0 Å². The highest BCUT2D eigenvalue weighted by molar-refractivity contribution is 5.87. The molecule has 0 aliphatic carbocycles. The number of carboxylic acid groups (broad SMARTS) is 1. The molecular formula is C23H29NO3. The molecule has 2 aromatic carbocycles. The summed E-state index contributed by atoms with van der Waals surface area (Å²) >= 11 is 0. The molecule has 0 aromatic heterocycles. The van der Waals surface area contributed by atoms with Crippen LogP contribution in [0.1, 0.15) is 47.8 Å².